The summed E-state index contributed by atoms with van der Waals surface area (Å²) in [5.74, 6) is 1.97. The van der Waals surface area contributed by atoms with Crippen LogP contribution >= 0.6 is 0 Å². The summed E-state index contributed by atoms with van der Waals surface area (Å²) < 4.78 is 53.2. The number of fused-ring (bicyclic) bond motifs is 1. The normalized spacial score (nSPS) is 11.5. The Morgan fingerprint density at radius 3 is 2.36 bits per heavy atom. The summed E-state index contributed by atoms with van der Waals surface area (Å²) in [6.45, 7) is 6.05. The molecule has 0 bridgehead atoms. The molecule has 0 spiro atoms. The molecule has 0 atom stereocenters. The zero-order valence-corrected chi connectivity index (χ0v) is 25.6. The highest BCUT2D eigenvalue weighted by atomic mass is 32.2. The lowest BCUT2D eigenvalue weighted by atomic mass is 10.1. The summed E-state index contributed by atoms with van der Waals surface area (Å²) >= 11 is 0. The van der Waals surface area contributed by atoms with Crippen molar-refractivity contribution in [3.63, 3.8) is 0 Å². The van der Waals surface area contributed by atoms with E-state index in [0.717, 1.165) is 25.7 Å². The van der Waals surface area contributed by atoms with Gasteiger partial charge in [0.25, 0.3) is 15.6 Å². The first kappa shape index (κ1) is 30.7. The zero-order chi connectivity index (χ0) is 30.4. The molecule has 2 N–H and O–H groups in total. The molecule has 0 unspecified atom stereocenters. The van der Waals surface area contributed by atoms with Crippen LogP contribution in [0.15, 0.2) is 40.0 Å². The number of ether oxygens (including phenoxy) is 4. The minimum Gasteiger partial charge on any atom is -0.493 e. The molecule has 0 aliphatic heterocycles. The van der Waals surface area contributed by atoms with E-state index in [0.29, 0.717) is 47.1 Å². The highest BCUT2D eigenvalue weighted by Gasteiger charge is 2.24. The second-order valence-corrected chi connectivity index (χ2v) is 11.2. The Morgan fingerprint density at radius 2 is 1.69 bits per heavy atom. The van der Waals surface area contributed by atoms with Crippen molar-refractivity contribution >= 4 is 21.2 Å². The van der Waals surface area contributed by atoms with E-state index in [1.165, 1.54) is 45.6 Å². The molecule has 4 aromatic rings. The first-order chi connectivity index (χ1) is 20.2. The van der Waals surface area contributed by atoms with E-state index in [9.17, 15) is 13.2 Å². The van der Waals surface area contributed by atoms with Gasteiger partial charge < -0.3 is 23.9 Å². The molecule has 0 saturated carbocycles. The van der Waals surface area contributed by atoms with Gasteiger partial charge in [-0.1, -0.05) is 26.2 Å². The summed E-state index contributed by atoms with van der Waals surface area (Å²) in [6.07, 6.45) is 4.85. The van der Waals surface area contributed by atoms with Crippen molar-refractivity contribution in [1.29, 1.82) is 0 Å². The van der Waals surface area contributed by atoms with Crippen molar-refractivity contribution in [2.45, 2.75) is 57.8 Å². The Labute approximate surface area is 245 Å². The molecule has 226 valence electrons. The number of anilines is 1. The molecule has 0 saturated heterocycles. The fourth-order valence-electron chi connectivity index (χ4n) is 4.76. The number of imidazole rings is 1. The van der Waals surface area contributed by atoms with E-state index in [-0.39, 0.29) is 33.5 Å². The summed E-state index contributed by atoms with van der Waals surface area (Å²) in [5, 5.41) is 4.70. The van der Waals surface area contributed by atoms with Gasteiger partial charge in [-0.3, -0.25) is 9.52 Å². The molecule has 42 heavy (non-hydrogen) atoms. The van der Waals surface area contributed by atoms with Crippen LogP contribution < -0.4 is 29.2 Å². The first-order valence-corrected chi connectivity index (χ1v) is 15.2. The van der Waals surface area contributed by atoms with Gasteiger partial charge in [0.05, 0.1) is 49.8 Å². The Kier molecular flexibility index (Phi) is 9.61. The number of aryl methyl sites for hydroxylation is 2. The van der Waals surface area contributed by atoms with Crippen LogP contribution in [0, 0.1) is 6.92 Å². The molecule has 0 fully saturated rings. The Hall–Kier alpha value is -4.26. The van der Waals surface area contributed by atoms with E-state index in [2.05, 4.69) is 21.6 Å². The number of unbranched alkanes of at least 4 members (excludes halogenated alkanes) is 3. The van der Waals surface area contributed by atoms with Gasteiger partial charge in [-0.25, -0.2) is 17.9 Å². The first-order valence-electron chi connectivity index (χ1n) is 13.8. The van der Waals surface area contributed by atoms with Crippen LogP contribution in [-0.4, -0.2) is 55.9 Å². The average Bonchev–Trinajstić information content (AvgIpc) is 3.30. The maximum atomic E-state index is 13.6. The summed E-state index contributed by atoms with van der Waals surface area (Å²) in [6, 6.07) is 7.45. The van der Waals surface area contributed by atoms with Gasteiger partial charge in [0.1, 0.15) is 11.6 Å². The molecular formula is C29H37N5O7S. The molecule has 0 radical (unpaired) electrons. The third-order valence-electron chi connectivity index (χ3n) is 6.76. The second-order valence-electron chi connectivity index (χ2n) is 9.57. The van der Waals surface area contributed by atoms with Gasteiger partial charge in [0.15, 0.2) is 22.8 Å². The van der Waals surface area contributed by atoms with E-state index in [1.54, 1.807) is 17.5 Å². The molecule has 12 nitrogen and oxygen atoms in total. The number of methoxy groups -OCH3 is 3. The molecule has 0 amide bonds. The van der Waals surface area contributed by atoms with Crippen LogP contribution in [0.5, 0.6) is 23.0 Å². The number of aromatic amines is 1. The van der Waals surface area contributed by atoms with Crippen LogP contribution in [0.3, 0.4) is 0 Å². The maximum Gasteiger partial charge on any atom is 0.277 e. The van der Waals surface area contributed by atoms with Crippen LogP contribution in [0.2, 0.25) is 0 Å². The van der Waals surface area contributed by atoms with Crippen molar-refractivity contribution in [3.05, 3.63) is 52.2 Å². The maximum absolute atomic E-state index is 13.6. The van der Waals surface area contributed by atoms with Gasteiger partial charge in [-0.05, 0) is 50.6 Å². The number of hydrogen-bond acceptors (Lipinski definition) is 9. The largest absolute Gasteiger partial charge is 0.493 e. The number of rotatable bonds is 14. The highest BCUT2D eigenvalue weighted by Crippen LogP contribution is 2.43. The predicted molar refractivity (Wildman–Crippen MR) is 160 cm³/mol. The molecule has 13 heteroatoms. The average molecular weight is 600 g/mol. The predicted octanol–water partition coefficient (Wildman–Crippen LogP) is 4.74. The second kappa shape index (κ2) is 13.1. The topological polar surface area (TPSA) is 146 Å². The van der Waals surface area contributed by atoms with Crippen molar-refractivity contribution in [3.8, 4) is 34.4 Å². The van der Waals surface area contributed by atoms with Crippen LogP contribution in [0.1, 0.15) is 51.0 Å². The number of nitrogens with zero attached hydrogens (tertiary/aromatic N) is 3. The minimum atomic E-state index is -4.15. The molecule has 4 rings (SSSR count). The van der Waals surface area contributed by atoms with E-state index in [1.807, 2.05) is 6.92 Å². The van der Waals surface area contributed by atoms with Crippen LogP contribution in [0.25, 0.3) is 16.9 Å². The summed E-state index contributed by atoms with van der Waals surface area (Å²) in [7, 11) is 0.155. The Balaban J connectivity index is 1.80. The zero-order valence-electron chi connectivity index (χ0n) is 24.7. The highest BCUT2D eigenvalue weighted by molar-refractivity contribution is 7.92. The number of benzene rings is 2. The fraction of sp³-hybridized carbons (Fsp3) is 0.414. The van der Waals surface area contributed by atoms with Gasteiger partial charge >= 0.3 is 0 Å². The molecule has 0 aliphatic carbocycles. The SMILES string of the molecule is CCCCCCc1nc(C)c2c(=O)[nH]c(-c3cc(S(=O)(=O)Nc4ccc(OC)c(OC)c4OC)ccc3OCC)nn12. The lowest BCUT2D eigenvalue weighted by molar-refractivity contribution is 0.325. The Bertz CT molecular complexity index is 1730. The van der Waals surface area contributed by atoms with Gasteiger partial charge in [-0.2, -0.15) is 0 Å². The van der Waals surface area contributed by atoms with Crippen LogP contribution in [0.4, 0.5) is 5.69 Å². The van der Waals surface area contributed by atoms with Crippen molar-refractivity contribution in [2.24, 2.45) is 0 Å². The lowest BCUT2D eigenvalue weighted by Gasteiger charge is -2.17. The summed E-state index contributed by atoms with van der Waals surface area (Å²) in [4.78, 5) is 20.5. The summed E-state index contributed by atoms with van der Waals surface area (Å²) in [5.41, 5.74) is 1.01. The van der Waals surface area contributed by atoms with Gasteiger partial charge in [0.2, 0.25) is 5.75 Å². The fourth-order valence-corrected chi connectivity index (χ4v) is 5.85. The number of hydrogen-bond donors (Lipinski definition) is 2. The number of sulfonamides is 1. The van der Waals surface area contributed by atoms with Crippen molar-refractivity contribution in [2.75, 3.05) is 32.7 Å². The monoisotopic (exact) mass is 599 g/mol. The number of aromatic nitrogens is 4. The number of H-pyrrole nitrogens is 1. The third kappa shape index (κ3) is 6.15. The van der Waals surface area contributed by atoms with E-state index < -0.39 is 10.0 Å². The Morgan fingerprint density at radius 1 is 0.952 bits per heavy atom. The lowest BCUT2D eigenvalue weighted by Crippen LogP contribution is -2.17. The van der Waals surface area contributed by atoms with E-state index >= 15 is 0 Å². The third-order valence-corrected chi connectivity index (χ3v) is 8.12. The molecule has 2 aromatic heterocycles. The van der Waals surface area contributed by atoms with Crippen molar-refractivity contribution in [1.82, 2.24) is 19.6 Å². The van der Waals surface area contributed by atoms with Crippen LogP contribution in [-0.2, 0) is 16.4 Å². The van der Waals surface area contributed by atoms with Gasteiger partial charge in [-0.15, -0.1) is 5.10 Å². The quantitative estimate of drug-likeness (QED) is 0.196. The molecule has 2 heterocycles. The molecule has 2 aromatic carbocycles. The van der Waals surface area contributed by atoms with E-state index in [4.69, 9.17) is 24.0 Å². The molecule has 0 aliphatic rings. The smallest absolute Gasteiger partial charge is 0.277 e. The van der Waals surface area contributed by atoms with Gasteiger partial charge in [0, 0.05) is 6.42 Å². The molecular weight excluding hydrogens is 562 g/mol. The standard InChI is InChI=1S/C29H37N5O7S/c1-7-9-10-11-12-24-30-18(3)25-29(35)31-28(32-34(24)25)20-17-19(13-15-22(20)41-8-2)42(36,37)33-21-14-16-23(38-4)27(40-6)26(21)39-5/h13-17,33H,7-12H2,1-6H3,(H,31,32,35). The van der Waals surface area contributed by atoms with Crippen molar-refractivity contribution < 1.29 is 27.4 Å². The minimum absolute atomic E-state index is 0.0814. The number of nitrogens with one attached hydrogen (secondary N) is 2.